The van der Waals surface area contributed by atoms with Gasteiger partial charge in [-0.25, -0.2) is 4.79 Å². The standard InChI is InChI=1S/C16H23NO3/c1-5-6-9-20-13-7-8-15(17-11-12(2)3)14(10-13)16(18)19-4/h7-8,10-12H,5-6,9H2,1-4H3. The largest absolute Gasteiger partial charge is 0.494 e. The summed E-state index contributed by atoms with van der Waals surface area (Å²) in [6.07, 6.45) is 3.86. The number of hydrogen-bond donors (Lipinski definition) is 0. The van der Waals surface area contributed by atoms with Crippen LogP contribution in [0.2, 0.25) is 0 Å². The molecule has 0 aliphatic rings. The molecule has 0 aromatic heterocycles. The van der Waals surface area contributed by atoms with Crippen molar-refractivity contribution in [3.05, 3.63) is 23.8 Å². The highest BCUT2D eigenvalue weighted by Gasteiger charge is 2.12. The zero-order chi connectivity index (χ0) is 15.0. The molecule has 1 aromatic rings. The Hall–Kier alpha value is -1.84. The summed E-state index contributed by atoms with van der Waals surface area (Å²) in [5, 5.41) is 0. The lowest BCUT2D eigenvalue weighted by molar-refractivity contribution is 0.0601. The predicted octanol–water partition coefficient (Wildman–Crippen LogP) is 4.01. The lowest BCUT2D eigenvalue weighted by atomic mass is 10.1. The first kappa shape index (κ1) is 16.2. The van der Waals surface area contributed by atoms with Gasteiger partial charge in [0.15, 0.2) is 0 Å². The average molecular weight is 277 g/mol. The number of ether oxygens (including phenoxy) is 2. The normalized spacial score (nSPS) is 11.1. The number of unbranched alkanes of at least 4 members (excludes halogenated alkanes) is 1. The third-order valence-electron chi connectivity index (χ3n) is 2.65. The zero-order valence-corrected chi connectivity index (χ0v) is 12.7. The van der Waals surface area contributed by atoms with Crippen molar-refractivity contribution in [2.75, 3.05) is 13.7 Å². The first-order chi connectivity index (χ1) is 9.58. The molecular weight excluding hydrogens is 254 g/mol. The number of methoxy groups -OCH3 is 1. The lowest BCUT2D eigenvalue weighted by Gasteiger charge is -2.09. The molecule has 0 aliphatic heterocycles. The summed E-state index contributed by atoms with van der Waals surface area (Å²) in [7, 11) is 1.36. The van der Waals surface area contributed by atoms with E-state index >= 15 is 0 Å². The van der Waals surface area contributed by atoms with Crippen molar-refractivity contribution in [2.24, 2.45) is 10.9 Å². The monoisotopic (exact) mass is 277 g/mol. The highest BCUT2D eigenvalue weighted by atomic mass is 16.5. The first-order valence-corrected chi connectivity index (χ1v) is 6.97. The molecule has 1 aromatic carbocycles. The van der Waals surface area contributed by atoms with E-state index in [1.54, 1.807) is 18.3 Å². The number of carbonyl (C=O) groups is 1. The molecule has 0 unspecified atom stereocenters. The Balaban J connectivity index is 2.97. The Kier molecular flexibility index (Phi) is 6.77. The molecule has 0 fully saturated rings. The number of benzene rings is 1. The van der Waals surface area contributed by atoms with Gasteiger partial charge in [-0.2, -0.15) is 0 Å². The molecule has 0 N–H and O–H groups in total. The van der Waals surface area contributed by atoms with Gasteiger partial charge in [-0.1, -0.05) is 27.2 Å². The van der Waals surface area contributed by atoms with Gasteiger partial charge < -0.3 is 9.47 Å². The third-order valence-corrected chi connectivity index (χ3v) is 2.65. The van der Waals surface area contributed by atoms with Gasteiger partial charge in [0.1, 0.15) is 5.75 Å². The van der Waals surface area contributed by atoms with Crippen LogP contribution in [-0.4, -0.2) is 25.9 Å². The van der Waals surface area contributed by atoms with Crippen LogP contribution in [0.4, 0.5) is 5.69 Å². The van der Waals surface area contributed by atoms with E-state index in [0.717, 1.165) is 12.8 Å². The van der Waals surface area contributed by atoms with E-state index in [1.165, 1.54) is 7.11 Å². The molecule has 4 heteroatoms. The van der Waals surface area contributed by atoms with Crippen LogP contribution in [0.1, 0.15) is 44.0 Å². The van der Waals surface area contributed by atoms with Crippen LogP contribution >= 0.6 is 0 Å². The Bertz CT molecular complexity index is 467. The number of carbonyl (C=O) groups excluding carboxylic acids is 1. The predicted molar refractivity (Wildman–Crippen MR) is 81.2 cm³/mol. The smallest absolute Gasteiger partial charge is 0.340 e. The van der Waals surface area contributed by atoms with E-state index in [4.69, 9.17) is 9.47 Å². The fraction of sp³-hybridized carbons (Fsp3) is 0.500. The maximum absolute atomic E-state index is 11.8. The van der Waals surface area contributed by atoms with Gasteiger partial charge >= 0.3 is 5.97 Å². The van der Waals surface area contributed by atoms with Crippen LogP contribution in [-0.2, 0) is 4.74 Å². The van der Waals surface area contributed by atoms with Crippen molar-refractivity contribution in [2.45, 2.75) is 33.6 Å². The highest BCUT2D eigenvalue weighted by Crippen LogP contribution is 2.25. The molecule has 1 rings (SSSR count). The third kappa shape index (κ3) is 5.03. The number of esters is 1. The van der Waals surface area contributed by atoms with Gasteiger partial charge in [0.25, 0.3) is 0 Å². The van der Waals surface area contributed by atoms with E-state index in [2.05, 4.69) is 11.9 Å². The van der Waals surface area contributed by atoms with Crippen LogP contribution in [0, 0.1) is 5.92 Å². The highest BCUT2D eigenvalue weighted by molar-refractivity contribution is 5.96. The van der Waals surface area contributed by atoms with Crippen LogP contribution < -0.4 is 4.74 Å². The second kappa shape index (κ2) is 8.35. The maximum atomic E-state index is 11.8. The second-order valence-corrected chi connectivity index (χ2v) is 4.89. The van der Waals surface area contributed by atoms with Crippen molar-refractivity contribution in [3.63, 3.8) is 0 Å². The van der Waals surface area contributed by atoms with E-state index in [1.807, 2.05) is 19.9 Å². The number of rotatable bonds is 7. The van der Waals surface area contributed by atoms with Crippen LogP contribution in [0.25, 0.3) is 0 Å². The fourth-order valence-electron chi connectivity index (χ4n) is 1.55. The van der Waals surface area contributed by atoms with Crippen molar-refractivity contribution in [1.29, 1.82) is 0 Å². The van der Waals surface area contributed by atoms with E-state index in [0.29, 0.717) is 29.5 Å². The van der Waals surface area contributed by atoms with Crippen molar-refractivity contribution in [1.82, 2.24) is 0 Å². The molecule has 0 atom stereocenters. The Morgan fingerprint density at radius 2 is 2.15 bits per heavy atom. The average Bonchev–Trinajstić information content (AvgIpc) is 2.45. The quantitative estimate of drug-likeness (QED) is 0.430. The Morgan fingerprint density at radius 3 is 2.75 bits per heavy atom. The van der Waals surface area contributed by atoms with Crippen molar-refractivity contribution >= 4 is 17.9 Å². The minimum absolute atomic E-state index is 0.320. The van der Waals surface area contributed by atoms with E-state index in [-0.39, 0.29) is 0 Å². The summed E-state index contributed by atoms with van der Waals surface area (Å²) in [4.78, 5) is 16.1. The van der Waals surface area contributed by atoms with Gasteiger partial charge in [-0.15, -0.1) is 0 Å². The summed E-state index contributed by atoms with van der Waals surface area (Å²) >= 11 is 0. The number of hydrogen-bond acceptors (Lipinski definition) is 4. The number of aliphatic imine (C=N–C) groups is 1. The van der Waals surface area contributed by atoms with Gasteiger partial charge in [-0.05, 0) is 30.5 Å². The summed E-state index contributed by atoms with van der Waals surface area (Å²) in [5.74, 6) is 0.588. The first-order valence-electron chi connectivity index (χ1n) is 6.97. The molecule has 0 heterocycles. The van der Waals surface area contributed by atoms with E-state index < -0.39 is 5.97 Å². The molecule has 0 bridgehead atoms. The van der Waals surface area contributed by atoms with Gasteiger partial charge in [0.05, 0.1) is 25.0 Å². The molecule has 0 amide bonds. The minimum atomic E-state index is -0.401. The summed E-state index contributed by atoms with van der Waals surface area (Å²) in [6.45, 7) is 6.81. The SMILES string of the molecule is CCCCOc1ccc(N=CC(C)C)c(C(=O)OC)c1. The van der Waals surface area contributed by atoms with Crippen LogP contribution in [0.5, 0.6) is 5.75 Å². The molecule has 0 saturated carbocycles. The fourth-order valence-corrected chi connectivity index (χ4v) is 1.55. The lowest BCUT2D eigenvalue weighted by Crippen LogP contribution is -2.03. The molecular formula is C16H23NO3. The summed E-state index contributed by atoms with van der Waals surface area (Å²) < 4.78 is 10.4. The van der Waals surface area contributed by atoms with Gasteiger partial charge in [0.2, 0.25) is 0 Å². The summed E-state index contributed by atoms with van der Waals surface area (Å²) in [5.41, 5.74) is 1.03. The zero-order valence-electron chi connectivity index (χ0n) is 12.7. The molecule has 0 radical (unpaired) electrons. The van der Waals surface area contributed by atoms with Crippen molar-refractivity contribution in [3.8, 4) is 5.75 Å². The summed E-state index contributed by atoms with van der Waals surface area (Å²) in [6, 6.07) is 5.30. The van der Waals surface area contributed by atoms with Gasteiger partial charge in [0, 0.05) is 6.21 Å². The Labute approximate surface area is 120 Å². The van der Waals surface area contributed by atoms with Crippen LogP contribution in [0.15, 0.2) is 23.2 Å². The maximum Gasteiger partial charge on any atom is 0.340 e. The van der Waals surface area contributed by atoms with Crippen LogP contribution in [0.3, 0.4) is 0 Å². The molecule has 110 valence electrons. The number of nitrogens with zero attached hydrogens (tertiary/aromatic N) is 1. The molecule has 0 aliphatic carbocycles. The van der Waals surface area contributed by atoms with Gasteiger partial charge in [-0.3, -0.25) is 4.99 Å². The molecule has 4 nitrogen and oxygen atoms in total. The molecule has 0 spiro atoms. The topological polar surface area (TPSA) is 47.9 Å². The van der Waals surface area contributed by atoms with Crippen molar-refractivity contribution < 1.29 is 14.3 Å². The Morgan fingerprint density at radius 1 is 1.40 bits per heavy atom. The second-order valence-electron chi connectivity index (χ2n) is 4.89. The molecule has 20 heavy (non-hydrogen) atoms. The van der Waals surface area contributed by atoms with E-state index in [9.17, 15) is 4.79 Å². The minimum Gasteiger partial charge on any atom is -0.494 e. The molecule has 0 saturated heterocycles.